The molecule has 8 heteroatoms. The van der Waals surface area contributed by atoms with E-state index >= 15 is 0 Å². The molecule has 1 aliphatic rings. The van der Waals surface area contributed by atoms with Crippen molar-refractivity contribution in [2.45, 2.75) is 18.8 Å². The third-order valence-corrected chi connectivity index (χ3v) is 3.45. The number of pyridine rings is 1. The molecule has 0 aromatic carbocycles. The average molecular weight is 297 g/mol. The minimum absolute atomic E-state index is 0.0548. The van der Waals surface area contributed by atoms with Crippen LogP contribution in [0.4, 0.5) is 0 Å². The summed E-state index contributed by atoms with van der Waals surface area (Å²) in [7, 11) is 0. The third-order valence-electron chi connectivity index (χ3n) is 3.45. The number of imidazole rings is 1. The van der Waals surface area contributed by atoms with Crippen LogP contribution in [0.3, 0.4) is 0 Å². The van der Waals surface area contributed by atoms with Crippen molar-refractivity contribution in [1.82, 2.24) is 24.7 Å². The summed E-state index contributed by atoms with van der Waals surface area (Å²) in [5, 5.41) is 13.0. The quantitative estimate of drug-likeness (QED) is 0.783. The number of aromatic carboxylic acids is 1. The number of carboxylic acid groups (broad SMARTS) is 1. The van der Waals surface area contributed by atoms with E-state index in [2.05, 4.69) is 20.1 Å². The minimum atomic E-state index is -1.09. The largest absolute Gasteiger partial charge is 0.476 e. The lowest BCUT2D eigenvalue weighted by molar-refractivity contribution is 0.0691. The molecule has 1 N–H and O–H groups in total. The van der Waals surface area contributed by atoms with E-state index in [0.29, 0.717) is 29.0 Å². The molecule has 0 spiro atoms. The monoisotopic (exact) mass is 297 g/mol. The van der Waals surface area contributed by atoms with Crippen molar-refractivity contribution in [1.29, 1.82) is 0 Å². The van der Waals surface area contributed by atoms with Gasteiger partial charge in [0.2, 0.25) is 0 Å². The van der Waals surface area contributed by atoms with E-state index < -0.39 is 5.97 Å². The maximum absolute atomic E-state index is 10.9. The van der Waals surface area contributed by atoms with Crippen LogP contribution < -0.4 is 0 Å². The molecule has 0 bridgehead atoms. The first-order chi connectivity index (χ1) is 10.7. The third kappa shape index (κ3) is 2.14. The van der Waals surface area contributed by atoms with Crippen molar-refractivity contribution in [2.24, 2.45) is 0 Å². The molecule has 1 fully saturated rings. The summed E-state index contributed by atoms with van der Waals surface area (Å²) in [6.07, 6.45) is 6.57. The molecule has 22 heavy (non-hydrogen) atoms. The fraction of sp³-hybridized carbons (Fsp3) is 0.214. The molecule has 4 rings (SSSR count). The van der Waals surface area contributed by atoms with Gasteiger partial charge in [0, 0.05) is 18.3 Å². The number of hydrogen-bond acceptors (Lipinski definition) is 6. The van der Waals surface area contributed by atoms with E-state index in [1.807, 2.05) is 0 Å². The number of rotatable bonds is 4. The molecule has 0 radical (unpaired) electrons. The van der Waals surface area contributed by atoms with Gasteiger partial charge in [0.25, 0.3) is 5.89 Å². The van der Waals surface area contributed by atoms with E-state index in [-0.39, 0.29) is 5.69 Å². The average Bonchev–Trinajstić information content (AvgIpc) is 3.07. The van der Waals surface area contributed by atoms with Gasteiger partial charge in [0.05, 0.1) is 5.56 Å². The van der Waals surface area contributed by atoms with Gasteiger partial charge in [-0.3, -0.25) is 4.57 Å². The number of carboxylic acids is 1. The van der Waals surface area contributed by atoms with Crippen LogP contribution in [-0.2, 0) is 0 Å². The van der Waals surface area contributed by atoms with E-state index in [0.717, 1.165) is 12.8 Å². The van der Waals surface area contributed by atoms with Crippen molar-refractivity contribution >= 4 is 5.97 Å². The van der Waals surface area contributed by atoms with Gasteiger partial charge in [-0.25, -0.2) is 14.8 Å². The Morgan fingerprint density at radius 2 is 2.23 bits per heavy atom. The standard InChI is InChI=1S/C14H11N5O3/c20-14(21)10-6-19(7-16-10)12-9(2-1-5-15-12)13-17-11(18-22-13)8-3-4-8/h1-2,5-8H,3-4H2,(H,20,21). The fourth-order valence-corrected chi connectivity index (χ4v) is 2.17. The van der Waals surface area contributed by atoms with Gasteiger partial charge < -0.3 is 9.63 Å². The van der Waals surface area contributed by atoms with Gasteiger partial charge in [-0.05, 0) is 25.0 Å². The van der Waals surface area contributed by atoms with Gasteiger partial charge in [0.15, 0.2) is 17.3 Å². The Balaban J connectivity index is 1.77. The van der Waals surface area contributed by atoms with Crippen LogP contribution in [0.25, 0.3) is 17.3 Å². The molecular formula is C14H11N5O3. The van der Waals surface area contributed by atoms with E-state index in [1.165, 1.54) is 17.1 Å². The molecule has 3 heterocycles. The lowest BCUT2D eigenvalue weighted by atomic mass is 10.2. The van der Waals surface area contributed by atoms with Gasteiger partial charge >= 0.3 is 5.97 Å². The van der Waals surface area contributed by atoms with Crippen molar-refractivity contribution in [3.8, 4) is 17.3 Å². The highest BCUT2D eigenvalue weighted by molar-refractivity contribution is 5.85. The van der Waals surface area contributed by atoms with E-state index in [1.54, 1.807) is 18.3 Å². The fourth-order valence-electron chi connectivity index (χ4n) is 2.17. The zero-order valence-electron chi connectivity index (χ0n) is 11.4. The molecule has 3 aromatic heterocycles. The molecule has 3 aromatic rings. The summed E-state index contributed by atoms with van der Waals surface area (Å²) in [5.74, 6) is 0.875. The minimum Gasteiger partial charge on any atom is -0.476 e. The zero-order chi connectivity index (χ0) is 15.1. The molecule has 110 valence electrons. The van der Waals surface area contributed by atoms with Crippen molar-refractivity contribution in [3.05, 3.63) is 42.4 Å². The smallest absolute Gasteiger partial charge is 0.356 e. The Kier molecular flexibility index (Phi) is 2.75. The molecular weight excluding hydrogens is 286 g/mol. The van der Waals surface area contributed by atoms with Gasteiger partial charge in [-0.2, -0.15) is 4.98 Å². The van der Waals surface area contributed by atoms with Gasteiger partial charge in [0.1, 0.15) is 6.33 Å². The summed E-state index contributed by atoms with van der Waals surface area (Å²) in [5.41, 5.74) is 0.581. The first-order valence-corrected chi connectivity index (χ1v) is 6.79. The van der Waals surface area contributed by atoms with Crippen LogP contribution in [0.1, 0.15) is 35.1 Å². The van der Waals surface area contributed by atoms with Crippen molar-refractivity contribution < 1.29 is 14.4 Å². The second kappa shape index (κ2) is 4.76. The summed E-state index contributed by atoms with van der Waals surface area (Å²) in [6.45, 7) is 0. The lowest BCUT2D eigenvalue weighted by Crippen LogP contribution is -1.99. The van der Waals surface area contributed by atoms with Crippen molar-refractivity contribution in [2.75, 3.05) is 0 Å². The Labute approximate surface area is 124 Å². The molecule has 1 saturated carbocycles. The van der Waals surface area contributed by atoms with Crippen LogP contribution in [-0.4, -0.2) is 35.8 Å². The molecule has 0 atom stereocenters. The van der Waals surface area contributed by atoms with Crippen molar-refractivity contribution in [3.63, 3.8) is 0 Å². The molecule has 0 unspecified atom stereocenters. The summed E-state index contributed by atoms with van der Waals surface area (Å²) >= 11 is 0. The van der Waals surface area contributed by atoms with Crippen LogP contribution in [0.5, 0.6) is 0 Å². The summed E-state index contributed by atoms with van der Waals surface area (Å²) < 4.78 is 6.84. The predicted molar refractivity (Wildman–Crippen MR) is 73.6 cm³/mol. The second-order valence-corrected chi connectivity index (χ2v) is 5.08. The first-order valence-electron chi connectivity index (χ1n) is 6.79. The molecule has 0 aliphatic heterocycles. The Morgan fingerprint density at radius 3 is 2.95 bits per heavy atom. The Hall–Kier alpha value is -3.03. The highest BCUT2D eigenvalue weighted by Crippen LogP contribution is 2.39. The van der Waals surface area contributed by atoms with Crippen LogP contribution in [0, 0.1) is 0 Å². The summed E-state index contributed by atoms with van der Waals surface area (Å²) in [4.78, 5) is 23.4. The van der Waals surface area contributed by atoms with Gasteiger partial charge in [-0.15, -0.1) is 0 Å². The molecule has 1 aliphatic carbocycles. The lowest BCUT2D eigenvalue weighted by Gasteiger charge is -2.04. The second-order valence-electron chi connectivity index (χ2n) is 5.08. The topological polar surface area (TPSA) is 107 Å². The molecule has 8 nitrogen and oxygen atoms in total. The SMILES string of the molecule is O=C(O)c1cn(-c2ncccc2-c2nc(C3CC3)no2)cn1. The van der Waals surface area contributed by atoms with Crippen LogP contribution in [0.2, 0.25) is 0 Å². The zero-order valence-corrected chi connectivity index (χ0v) is 11.4. The summed E-state index contributed by atoms with van der Waals surface area (Å²) in [6, 6.07) is 3.56. The number of aromatic nitrogens is 5. The normalized spacial score (nSPS) is 14.2. The maximum Gasteiger partial charge on any atom is 0.356 e. The maximum atomic E-state index is 10.9. The number of carbonyl (C=O) groups is 1. The Bertz CT molecular complexity index is 850. The van der Waals surface area contributed by atoms with E-state index in [9.17, 15) is 4.79 Å². The number of nitrogens with zero attached hydrogens (tertiary/aromatic N) is 5. The molecule has 0 amide bonds. The predicted octanol–water partition coefficient (Wildman–Crippen LogP) is 1.89. The first kappa shape index (κ1) is 12.7. The van der Waals surface area contributed by atoms with E-state index in [4.69, 9.17) is 9.63 Å². The highest BCUT2D eigenvalue weighted by atomic mass is 16.5. The van der Waals surface area contributed by atoms with Crippen LogP contribution in [0.15, 0.2) is 35.4 Å². The highest BCUT2D eigenvalue weighted by Gasteiger charge is 2.29. The van der Waals surface area contributed by atoms with Gasteiger partial charge in [-0.1, -0.05) is 5.16 Å². The number of hydrogen-bond donors (Lipinski definition) is 1. The Morgan fingerprint density at radius 1 is 1.36 bits per heavy atom. The molecule has 0 saturated heterocycles. The van der Waals surface area contributed by atoms with Crippen LogP contribution >= 0.6 is 0 Å².